The molecule has 1 fully saturated rings. The number of aromatic nitrogens is 2. The van der Waals surface area contributed by atoms with Gasteiger partial charge >= 0.3 is 5.97 Å². The number of hydrogen-bond donors (Lipinski definition) is 1. The van der Waals surface area contributed by atoms with Crippen LogP contribution in [0.3, 0.4) is 0 Å². The molecule has 1 aromatic heterocycles. The fraction of sp³-hybridized carbons (Fsp3) is 0.250. The lowest BCUT2D eigenvalue weighted by Gasteiger charge is -2.00. The first-order valence-electron chi connectivity index (χ1n) is 5.20. The molecule has 0 saturated heterocycles. The number of aliphatic carboxylic acids is 1. The molecular formula is C12H10N2O2. The third-order valence-corrected chi connectivity index (χ3v) is 2.95. The number of para-hydroxylation sites is 2. The van der Waals surface area contributed by atoms with Gasteiger partial charge in [0.25, 0.3) is 0 Å². The average molecular weight is 214 g/mol. The molecule has 2 aromatic rings. The third-order valence-electron chi connectivity index (χ3n) is 2.95. The summed E-state index contributed by atoms with van der Waals surface area (Å²) in [5, 5.41) is 8.85. The summed E-state index contributed by atoms with van der Waals surface area (Å²) in [6.07, 6.45) is 2.37. The molecule has 1 aromatic carbocycles. The van der Waals surface area contributed by atoms with E-state index in [1.165, 1.54) is 0 Å². The Balaban J connectivity index is 1.98. The molecule has 4 heteroatoms. The highest BCUT2D eigenvalue weighted by Gasteiger charge is 2.45. The molecule has 0 amide bonds. The number of nitrogens with zero attached hydrogens (tertiary/aromatic N) is 2. The predicted molar refractivity (Wildman–Crippen MR) is 58.0 cm³/mol. The Morgan fingerprint density at radius 3 is 2.75 bits per heavy atom. The number of carboxylic acid groups (broad SMARTS) is 1. The molecular weight excluding hydrogens is 204 g/mol. The Bertz CT molecular complexity index is 568. The van der Waals surface area contributed by atoms with E-state index in [1.54, 1.807) is 6.20 Å². The van der Waals surface area contributed by atoms with E-state index in [-0.39, 0.29) is 11.8 Å². The van der Waals surface area contributed by atoms with Gasteiger partial charge in [-0.3, -0.25) is 9.78 Å². The monoisotopic (exact) mass is 214 g/mol. The molecule has 1 heterocycles. The van der Waals surface area contributed by atoms with Crippen LogP contribution in [0.2, 0.25) is 0 Å². The summed E-state index contributed by atoms with van der Waals surface area (Å²) in [5.74, 6) is -0.954. The van der Waals surface area contributed by atoms with Gasteiger partial charge in [-0.1, -0.05) is 12.1 Å². The SMILES string of the molecule is O=C(O)[C@@H]1C[C@H]1c1cnc2ccccc2n1. The van der Waals surface area contributed by atoms with Crippen LogP contribution in [0.15, 0.2) is 30.5 Å². The van der Waals surface area contributed by atoms with Gasteiger partial charge < -0.3 is 5.11 Å². The van der Waals surface area contributed by atoms with Crippen LogP contribution in [-0.2, 0) is 4.79 Å². The molecule has 0 spiro atoms. The number of fused-ring (bicyclic) bond motifs is 1. The topological polar surface area (TPSA) is 63.1 Å². The third kappa shape index (κ3) is 1.43. The normalized spacial score (nSPS) is 23.2. The van der Waals surface area contributed by atoms with Crippen LogP contribution in [-0.4, -0.2) is 21.0 Å². The zero-order valence-corrected chi connectivity index (χ0v) is 8.50. The van der Waals surface area contributed by atoms with Crippen molar-refractivity contribution in [3.63, 3.8) is 0 Å². The van der Waals surface area contributed by atoms with Crippen molar-refractivity contribution in [2.45, 2.75) is 12.3 Å². The Labute approximate surface area is 92.0 Å². The maximum atomic E-state index is 10.8. The van der Waals surface area contributed by atoms with E-state index in [0.29, 0.717) is 6.42 Å². The van der Waals surface area contributed by atoms with Gasteiger partial charge in [0.2, 0.25) is 0 Å². The van der Waals surface area contributed by atoms with E-state index in [0.717, 1.165) is 16.7 Å². The van der Waals surface area contributed by atoms with Crippen molar-refractivity contribution in [3.8, 4) is 0 Å². The van der Waals surface area contributed by atoms with E-state index in [4.69, 9.17) is 5.11 Å². The highest BCUT2D eigenvalue weighted by atomic mass is 16.4. The Morgan fingerprint density at radius 2 is 2.06 bits per heavy atom. The molecule has 16 heavy (non-hydrogen) atoms. The van der Waals surface area contributed by atoms with Crippen LogP contribution < -0.4 is 0 Å². The number of benzene rings is 1. The van der Waals surface area contributed by atoms with Crippen LogP contribution in [0, 0.1) is 5.92 Å². The highest BCUT2D eigenvalue weighted by molar-refractivity contribution is 5.76. The van der Waals surface area contributed by atoms with Gasteiger partial charge in [-0.2, -0.15) is 0 Å². The quantitative estimate of drug-likeness (QED) is 0.828. The first kappa shape index (κ1) is 9.27. The predicted octanol–water partition coefficient (Wildman–Crippen LogP) is 1.82. The second kappa shape index (κ2) is 3.27. The molecule has 4 nitrogen and oxygen atoms in total. The number of rotatable bonds is 2. The van der Waals surface area contributed by atoms with Gasteiger partial charge in [-0.05, 0) is 18.6 Å². The van der Waals surface area contributed by atoms with Crippen molar-refractivity contribution < 1.29 is 9.90 Å². The molecule has 0 radical (unpaired) electrons. The summed E-state index contributed by atoms with van der Waals surface area (Å²) in [7, 11) is 0. The van der Waals surface area contributed by atoms with Crippen molar-refractivity contribution in [3.05, 3.63) is 36.2 Å². The summed E-state index contributed by atoms with van der Waals surface area (Å²) in [6, 6.07) is 7.61. The van der Waals surface area contributed by atoms with Crippen LogP contribution >= 0.6 is 0 Å². The van der Waals surface area contributed by atoms with Gasteiger partial charge in [0.05, 0.1) is 22.6 Å². The molecule has 3 rings (SSSR count). The van der Waals surface area contributed by atoms with Crippen molar-refractivity contribution in [2.75, 3.05) is 0 Å². The number of carbonyl (C=O) groups is 1. The Morgan fingerprint density at radius 1 is 1.31 bits per heavy atom. The number of hydrogen-bond acceptors (Lipinski definition) is 3. The van der Waals surface area contributed by atoms with Crippen molar-refractivity contribution >= 4 is 17.0 Å². The minimum Gasteiger partial charge on any atom is -0.481 e. The van der Waals surface area contributed by atoms with Gasteiger partial charge in [0.15, 0.2) is 0 Å². The van der Waals surface area contributed by atoms with Crippen molar-refractivity contribution in [2.24, 2.45) is 5.92 Å². The smallest absolute Gasteiger partial charge is 0.307 e. The fourth-order valence-electron chi connectivity index (χ4n) is 1.94. The molecule has 1 saturated carbocycles. The summed E-state index contributed by atoms with van der Waals surface area (Å²) in [5.41, 5.74) is 2.47. The largest absolute Gasteiger partial charge is 0.481 e. The van der Waals surface area contributed by atoms with E-state index in [1.807, 2.05) is 24.3 Å². The van der Waals surface area contributed by atoms with Crippen LogP contribution in [0.1, 0.15) is 18.0 Å². The molecule has 0 bridgehead atoms. The summed E-state index contributed by atoms with van der Waals surface area (Å²) >= 11 is 0. The van der Waals surface area contributed by atoms with Crippen molar-refractivity contribution in [1.29, 1.82) is 0 Å². The maximum Gasteiger partial charge on any atom is 0.307 e. The van der Waals surface area contributed by atoms with Gasteiger partial charge in [-0.25, -0.2) is 4.98 Å². The number of carboxylic acids is 1. The average Bonchev–Trinajstić information content (AvgIpc) is 3.08. The molecule has 0 unspecified atom stereocenters. The summed E-state index contributed by atoms with van der Waals surface area (Å²) < 4.78 is 0. The van der Waals surface area contributed by atoms with E-state index in [2.05, 4.69) is 9.97 Å². The van der Waals surface area contributed by atoms with E-state index >= 15 is 0 Å². The zero-order chi connectivity index (χ0) is 11.1. The minimum absolute atomic E-state index is 0.0506. The van der Waals surface area contributed by atoms with Crippen LogP contribution in [0.5, 0.6) is 0 Å². The Hall–Kier alpha value is -1.97. The molecule has 0 aliphatic heterocycles. The summed E-state index contributed by atoms with van der Waals surface area (Å²) in [4.78, 5) is 19.5. The molecule has 1 aliphatic carbocycles. The van der Waals surface area contributed by atoms with Gasteiger partial charge in [0, 0.05) is 12.1 Å². The van der Waals surface area contributed by atoms with E-state index in [9.17, 15) is 4.79 Å². The second-order valence-corrected chi connectivity index (χ2v) is 4.07. The van der Waals surface area contributed by atoms with Crippen molar-refractivity contribution in [1.82, 2.24) is 9.97 Å². The fourth-order valence-corrected chi connectivity index (χ4v) is 1.94. The lowest BCUT2D eigenvalue weighted by atomic mass is 10.2. The summed E-state index contributed by atoms with van der Waals surface area (Å²) in [6.45, 7) is 0. The standard InChI is InChI=1S/C12H10N2O2/c15-12(16)8-5-7(8)11-6-13-9-3-1-2-4-10(9)14-11/h1-4,6-8H,5H2,(H,15,16)/t7-,8-/m1/s1. The Kier molecular flexibility index (Phi) is 1.89. The molecule has 80 valence electrons. The first-order valence-corrected chi connectivity index (χ1v) is 5.20. The lowest BCUT2D eigenvalue weighted by molar-refractivity contribution is -0.138. The zero-order valence-electron chi connectivity index (χ0n) is 8.50. The maximum absolute atomic E-state index is 10.8. The molecule has 1 N–H and O–H groups in total. The highest BCUT2D eigenvalue weighted by Crippen LogP contribution is 2.46. The van der Waals surface area contributed by atoms with Crippen LogP contribution in [0.25, 0.3) is 11.0 Å². The minimum atomic E-state index is -0.736. The first-order chi connectivity index (χ1) is 7.75. The van der Waals surface area contributed by atoms with Crippen LogP contribution in [0.4, 0.5) is 0 Å². The van der Waals surface area contributed by atoms with E-state index < -0.39 is 5.97 Å². The molecule has 1 aliphatic rings. The van der Waals surface area contributed by atoms with Gasteiger partial charge in [-0.15, -0.1) is 0 Å². The second-order valence-electron chi connectivity index (χ2n) is 4.07. The van der Waals surface area contributed by atoms with Gasteiger partial charge in [0.1, 0.15) is 0 Å². The molecule has 2 atom stereocenters. The lowest BCUT2D eigenvalue weighted by Crippen LogP contribution is -2.00.